The van der Waals surface area contributed by atoms with E-state index < -0.39 is 0 Å². The maximum Gasteiger partial charge on any atom is 0.237 e. The van der Waals surface area contributed by atoms with E-state index in [2.05, 4.69) is 51.5 Å². The highest BCUT2D eigenvalue weighted by Gasteiger charge is 2.18. The third-order valence-corrected chi connectivity index (χ3v) is 5.65. The number of nitrogens with zero attached hydrogens (tertiary/aromatic N) is 3. The van der Waals surface area contributed by atoms with Gasteiger partial charge in [0.2, 0.25) is 11.1 Å². The number of hydrogen-bond donors (Lipinski definition) is 2. The Hall–Kier alpha value is -2.93. The average Bonchev–Trinajstić information content (AvgIpc) is 3.01. The van der Waals surface area contributed by atoms with E-state index in [1.807, 2.05) is 38.1 Å². The lowest BCUT2D eigenvalue weighted by Gasteiger charge is -2.12. The summed E-state index contributed by atoms with van der Waals surface area (Å²) < 4.78 is 0. The minimum absolute atomic E-state index is 0.0916. The number of aryl methyl sites for hydroxylation is 3. The van der Waals surface area contributed by atoms with Crippen LogP contribution in [0.25, 0.3) is 22.1 Å². The van der Waals surface area contributed by atoms with Gasteiger partial charge in [0.15, 0.2) is 5.65 Å². The molecule has 0 radical (unpaired) electrons. The highest BCUT2D eigenvalue weighted by Crippen LogP contribution is 2.28. The van der Waals surface area contributed by atoms with Crippen molar-refractivity contribution >= 4 is 45.4 Å². The van der Waals surface area contributed by atoms with Crippen molar-refractivity contribution in [3.05, 3.63) is 53.1 Å². The first-order chi connectivity index (χ1) is 13.4. The molecule has 142 valence electrons. The van der Waals surface area contributed by atoms with Gasteiger partial charge in [-0.1, -0.05) is 41.6 Å². The second-order valence-corrected chi connectivity index (χ2v) is 8.29. The van der Waals surface area contributed by atoms with Crippen molar-refractivity contribution < 1.29 is 4.79 Å². The number of thioether (sulfide) groups is 1. The summed E-state index contributed by atoms with van der Waals surface area (Å²) in [4.78, 5) is 20.5. The predicted octanol–water partition coefficient (Wildman–Crippen LogP) is 4.55. The Bertz CT molecular complexity index is 1200. The van der Waals surface area contributed by atoms with Crippen molar-refractivity contribution in [3.63, 3.8) is 0 Å². The van der Waals surface area contributed by atoms with E-state index >= 15 is 0 Å². The maximum atomic E-state index is 12.5. The standard InChI is InChI=1S/C21H21N5OS/c1-11-9-13(3)17-15(10-11)18-19(23-17)24-21(26-25-18)28-14(4)20(27)22-16-8-6-5-7-12(16)2/h5-10,14H,1-4H3,(H,22,27)(H,23,24,26)/t14-/m1/s1. The number of benzene rings is 2. The summed E-state index contributed by atoms with van der Waals surface area (Å²) in [6.45, 7) is 7.93. The largest absolute Gasteiger partial charge is 0.337 e. The van der Waals surface area contributed by atoms with Gasteiger partial charge in [-0.15, -0.1) is 10.2 Å². The Kier molecular flexibility index (Phi) is 4.77. The summed E-state index contributed by atoms with van der Waals surface area (Å²) in [5.74, 6) is -0.0916. The third-order valence-electron chi connectivity index (χ3n) is 4.70. The summed E-state index contributed by atoms with van der Waals surface area (Å²) in [6.07, 6.45) is 0. The number of amides is 1. The van der Waals surface area contributed by atoms with E-state index in [0.29, 0.717) is 10.8 Å². The van der Waals surface area contributed by atoms with Crippen molar-refractivity contribution in [3.8, 4) is 0 Å². The maximum absolute atomic E-state index is 12.5. The Labute approximate surface area is 167 Å². The second kappa shape index (κ2) is 7.24. The van der Waals surface area contributed by atoms with Crippen molar-refractivity contribution in [1.29, 1.82) is 0 Å². The van der Waals surface area contributed by atoms with Crippen molar-refractivity contribution in [1.82, 2.24) is 20.2 Å². The van der Waals surface area contributed by atoms with E-state index in [0.717, 1.165) is 33.2 Å². The molecule has 0 aliphatic rings. The fraction of sp³-hybridized carbons (Fsp3) is 0.238. The van der Waals surface area contributed by atoms with Crippen LogP contribution in [0.3, 0.4) is 0 Å². The number of carbonyl (C=O) groups is 1. The monoisotopic (exact) mass is 391 g/mol. The molecule has 0 aliphatic carbocycles. The predicted molar refractivity (Wildman–Crippen MR) is 114 cm³/mol. The molecule has 0 saturated carbocycles. The first kappa shape index (κ1) is 18.4. The van der Waals surface area contributed by atoms with Crippen LogP contribution in [0.2, 0.25) is 0 Å². The van der Waals surface area contributed by atoms with Gasteiger partial charge >= 0.3 is 0 Å². The summed E-state index contributed by atoms with van der Waals surface area (Å²) in [7, 11) is 0. The van der Waals surface area contributed by atoms with Crippen LogP contribution >= 0.6 is 11.8 Å². The summed E-state index contributed by atoms with van der Waals surface area (Å²) in [6, 6.07) is 11.9. The van der Waals surface area contributed by atoms with Crippen molar-refractivity contribution in [2.45, 2.75) is 38.1 Å². The molecule has 0 fully saturated rings. The second-order valence-electron chi connectivity index (χ2n) is 6.99. The number of H-pyrrole nitrogens is 1. The number of fused-ring (bicyclic) bond motifs is 3. The van der Waals surface area contributed by atoms with Gasteiger partial charge in [0.05, 0.1) is 10.8 Å². The van der Waals surface area contributed by atoms with E-state index in [1.165, 1.54) is 17.3 Å². The van der Waals surface area contributed by atoms with Crippen LogP contribution in [0.1, 0.15) is 23.6 Å². The number of aromatic amines is 1. The summed E-state index contributed by atoms with van der Waals surface area (Å²) in [5.41, 5.74) is 6.63. The molecular formula is C21H21N5OS. The molecule has 2 heterocycles. The van der Waals surface area contributed by atoms with Gasteiger partial charge in [0.1, 0.15) is 5.52 Å². The van der Waals surface area contributed by atoms with E-state index in [-0.39, 0.29) is 11.2 Å². The lowest BCUT2D eigenvalue weighted by Crippen LogP contribution is -2.23. The topological polar surface area (TPSA) is 83.6 Å². The zero-order chi connectivity index (χ0) is 19.8. The van der Waals surface area contributed by atoms with E-state index in [9.17, 15) is 4.79 Å². The highest BCUT2D eigenvalue weighted by atomic mass is 32.2. The van der Waals surface area contributed by atoms with Crippen LogP contribution in [0.5, 0.6) is 0 Å². The van der Waals surface area contributed by atoms with Gasteiger partial charge in [-0.3, -0.25) is 4.79 Å². The van der Waals surface area contributed by atoms with Crippen LogP contribution in [-0.2, 0) is 4.79 Å². The van der Waals surface area contributed by atoms with Crippen LogP contribution in [0.15, 0.2) is 41.6 Å². The van der Waals surface area contributed by atoms with Gasteiger partial charge in [-0.2, -0.15) is 0 Å². The minimum Gasteiger partial charge on any atom is -0.337 e. The Morgan fingerprint density at radius 3 is 2.68 bits per heavy atom. The summed E-state index contributed by atoms with van der Waals surface area (Å²) >= 11 is 1.29. The molecule has 6 nitrogen and oxygen atoms in total. The molecular weight excluding hydrogens is 370 g/mol. The first-order valence-electron chi connectivity index (χ1n) is 9.09. The summed E-state index contributed by atoms with van der Waals surface area (Å²) in [5, 5.41) is 12.7. The van der Waals surface area contributed by atoms with Crippen LogP contribution in [0.4, 0.5) is 5.69 Å². The van der Waals surface area contributed by atoms with Crippen molar-refractivity contribution in [2.24, 2.45) is 0 Å². The number of para-hydroxylation sites is 1. The normalized spacial score (nSPS) is 12.4. The first-order valence-corrected chi connectivity index (χ1v) is 9.97. The fourth-order valence-corrected chi connectivity index (χ4v) is 3.94. The van der Waals surface area contributed by atoms with E-state index in [4.69, 9.17) is 0 Å². The molecule has 0 bridgehead atoms. The number of rotatable bonds is 4. The van der Waals surface area contributed by atoms with Gasteiger partial charge in [-0.25, -0.2) is 4.98 Å². The molecule has 0 unspecified atom stereocenters. The molecule has 28 heavy (non-hydrogen) atoms. The number of carbonyl (C=O) groups excluding carboxylic acids is 1. The molecule has 4 aromatic rings. The van der Waals surface area contributed by atoms with Crippen LogP contribution in [0, 0.1) is 20.8 Å². The van der Waals surface area contributed by atoms with Gasteiger partial charge in [0.25, 0.3) is 0 Å². The molecule has 1 amide bonds. The molecule has 2 N–H and O–H groups in total. The van der Waals surface area contributed by atoms with E-state index in [1.54, 1.807) is 0 Å². The molecule has 0 saturated heterocycles. The molecule has 4 rings (SSSR count). The van der Waals surface area contributed by atoms with Crippen LogP contribution < -0.4 is 5.32 Å². The SMILES string of the molecule is Cc1cc(C)c2[nH]c3nc(S[C@H](C)C(=O)Nc4ccccc4C)nnc3c2c1. The number of anilines is 1. The zero-order valence-electron chi connectivity index (χ0n) is 16.2. The average molecular weight is 392 g/mol. The van der Waals surface area contributed by atoms with Gasteiger partial charge < -0.3 is 10.3 Å². The number of nitrogens with one attached hydrogen (secondary N) is 2. The Balaban J connectivity index is 1.57. The number of aromatic nitrogens is 4. The minimum atomic E-state index is -0.354. The van der Waals surface area contributed by atoms with Gasteiger partial charge in [-0.05, 0) is 51.0 Å². The molecule has 7 heteroatoms. The molecule has 1 atom stereocenters. The third kappa shape index (κ3) is 3.45. The Morgan fingerprint density at radius 1 is 1.11 bits per heavy atom. The fourth-order valence-electron chi connectivity index (χ4n) is 3.23. The highest BCUT2D eigenvalue weighted by molar-refractivity contribution is 8.00. The lowest BCUT2D eigenvalue weighted by molar-refractivity contribution is -0.115. The quantitative estimate of drug-likeness (QED) is 0.499. The zero-order valence-corrected chi connectivity index (χ0v) is 17.0. The number of hydrogen-bond acceptors (Lipinski definition) is 5. The van der Waals surface area contributed by atoms with Crippen LogP contribution in [-0.4, -0.2) is 31.3 Å². The molecule has 2 aromatic heterocycles. The van der Waals surface area contributed by atoms with Gasteiger partial charge in [0, 0.05) is 11.1 Å². The molecule has 0 aliphatic heterocycles. The van der Waals surface area contributed by atoms with Crippen molar-refractivity contribution in [2.75, 3.05) is 5.32 Å². The molecule has 2 aromatic carbocycles. The molecule has 0 spiro atoms. The Morgan fingerprint density at radius 2 is 1.89 bits per heavy atom. The smallest absolute Gasteiger partial charge is 0.237 e. The lowest BCUT2D eigenvalue weighted by atomic mass is 10.1.